The Morgan fingerprint density at radius 2 is 1.78 bits per heavy atom. The molecule has 0 radical (unpaired) electrons. The van der Waals surface area contributed by atoms with E-state index in [4.69, 9.17) is 10.5 Å². The number of nitrogens with one attached hydrogen (secondary N) is 2. The highest BCUT2D eigenvalue weighted by atomic mass is 19.1. The van der Waals surface area contributed by atoms with E-state index in [0.717, 1.165) is 0 Å². The monoisotopic (exact) mass is 502 g/mol. The Morgan fingerprint density at radius 3 is 2.31 bits per heavy atom. The second-order valence-corrected chi connectivity index (χ2v) is 7.94. The smallest absolute Gasteiger partial charge is 0.306 e. The number of benzene rings is 2. The van der Waals surface area contributed by atoms with Crippen molar-refractivity contribution in [3.8, 4) is 0 Å². The summed E-state index contributed by atoms with van der Waals surface area (Å²) >= 11 is 0. The SMILES string of the molecule is CCOC(=O)C[C@@H](c1ccc([N+](=O)[O-])cc1)[C@@H](NC(=O)[C@H](Cc1cccc(F)c1)NC(C)=O)C(N)=O. The number of hydrogen-bond donors (Lipinski definition) is 3. The molecule has 0 spiro atoms. The molecule has 12 heteroatoms. The first kappa shape index (κ1) is 27.9. The van der Waals surface area contributed by atoms with Gasteiger partial charge in [0.05, 0.1) is 18.0 Å². The number of nitro groups is 1. The molecule has 192 valence electrons. The Bertz CT molecular complexity index is 1120. The molecule has 0 aliphatic carbocycles. The lowest BCUT2D eigenvalue weighted by atomic mass is 9.87. The number of rotatable bonds is 12. The van der Waals surface area contributed by atoms with Crippen molar-refractivity contribution in [3.63, 3.8) is 0 Å². The molecular weight excluding hydrogens is 475 g/mol. The Balaban J connectivity index is 2.38. The minimum atomic E-state index is -1.44. The Hall–Kier alpha value is -4.35. The quantitative estimate of drug-likeness (QED) is 0.224. The first-order valence-corrected chi connectivity index (χ1v) is 11.0. The predicted molar refractivity (Wildman–Crippen MR) is 126 cm³/mol. The lowest BCUT2D eigenvalue weighted by Gasteiger charge is -2.27. The third-order valence-electron chi connectivity index (χ3n) is 5.25. The Morgan fingerprint density at radius 1 is 1.11 bits per heavy atom. The fraction of sp³-hybridized carbons (Fsp3) is 0.333. The summed E-state index contributed by atoms with van der Waals surface area (Å²) in [5, 5.41) is 15.9. The zero-order valence-corrected chi connectivity index (χ0v) is 19.7. The van der Waals surface area contributed by atoms with E-state index in [9.17, 15) is 33.7 Å². The van der Waals surface area contributed by atoms with Crippen LogP contribution < -0.4 is 16.4 Å². The Kier molecular flexibility index (Phi) is 10.0. The molecule has 2 aromatic rings. The van der Waals surface area contributed by atoms with Crippen LogP contribution in [0.2, 0.25) is 0 Å². The zero-order chi connectivity index (χ0) is 26.8. The molecule has 0 unspecified atom stereocenters. The lowest BCUT2D eigenvalue weighted by molar-refractivity contribution is -0.384. The van der Waals surface area contributed by atoms with E-state index >= 15 is 0 Å². The number of nitrogens with zero attached hydrogens (tertiary/aromatic N) is 1. The average molecular weight is 502 g/mol. The van der Waals surface area contributed by atoms with E-state index in [1.165, 1.54) is 49.4 Å². The van der Waals surface area contributed by atoms with Gasteiger partial charge in [-0.3, -0.25) is 29.3 Å². The standard InChI is InChI=1S/C24H27FN4O7/c1-3-36-21(31)13-19(16-7-9-18(10-8-16)29(34)35)22(23(26)32)28-24(33)20(27-14(2)30)12-15-5-4-6-17(25)11-15/h4-11,19-20,22H,3,12-13H2,1-2H3,(H2,26,32)(H,27,30)(H,28,33)/t19-,20-,22+/m0/s1. The van der Waals surface area contributed by atoms with Crippen LogP contribution in [0.1, 0.15) is 37.3 Å². The van der Waals surface area contributed by atoms with Crippen LogP contribution in [0.15, 0.2) is 48.5 Å². The Labute approximate surface area is 206 Å². The minimum Gasteiger partial charge on any atom is -0.466 e. The number of esters is 1. The summed E-state index contributed by atoms with van der Waals surface area (Å²) in [6.45, 7) is 2.85. The number of ether oxygens (including phenoxy) is 1. The fourth-order valence-electron chi connectivity index (χ4n) is 3.65. The van der Waals surface area contributed by atoms with E-state index in [1.807, 2.05) is 0 Å². The normalized spacial score (nSPS) is 13.1. The molecule has 0 aliphatic heterocycles. The van der Waals surface area contributed by atoms with Crippen LogP contribution in [0.3, 0.4) is 0 Å². The van der Waals surface area contributed by atoms with Gasteiger partial charge in [0.1, 0.15) is 17.9 Å². The highest BCUT2D eigenvalue weighted by molar-refractivity contribution is 5.92. The zero-order valence-electron chi connectivity index (χ0n) is 19.7. The van der Waals surface area contributed by atoms with Gasteiger partial charge in [0.25, 0.3) is 5.69 Å². The van der Waals surface area contributed by atoms with Crippen LogP contribution >= 0.6 is 0 Å². The van der Waals surface area contributed by atoms with Gasteiger partial charge in [0.15, 0.2) is 0 Å². The summed E-state index contributed by atoms with van der Waals surface area (Å²) < 4.78 is 18.6. The summed E-state index contributed by atoms with van der Waals surface area (Å²) in [5.74, 6) is -4.56. The topological polar surface area (TPSA) is 171 Å². The van der Waals surface area contributed by atoms with Crippen LogP contribution in [0, 0.1) is 15.9 Å². The highest BCUT2D eigenvalue weighted by Crippen LogP contribution is 2.27. The van der Waals surface area contributed by atoms with E-state index in [1.54, 1.807) is 13.0 Å². The number of nitro benzene ring substituents is 1. The molecule has 0 aliphatic rings. The van der Waals surface area contributed by atoms with Gasteiger partial charge in [-0.1, -0.05) is 24.3 Å². The van der Waals surface area contributed by atoms with Gasteiger partial charge >= 0.3 is 5.97 Å². The lowest BCUT2D eigenvalue weighted by Crippen LogP contribution is -2.55. The number of amides is 3. The van der Waals surface area contributed by atoms with E-state index in [0.29, 0.717) is 11.1 Å². The van der Waals surface area contributed by atoms with Crippen LogP contribution in [0.25, 0.3) is 0 Å². The molecule has 4 N–H and O–H groups in total. The van der Waals surface area contributed by atoms with Crippen molar-refractivity contribution in [1.82, 2.24) is 10.6 Å². The molecule has 2 rings (SSSR count). The van der Waals surface area contributed by atoms with Crippen molar-refractivity contribution in [1.29, 1.82) is 0 Å². The fourth-order valence-corrected chi connectivity index (χ4v) is 3.65. The van der Waals surface area contributed by atoms with Gasteiger partial charge in [-0.25, -0.2) is 4.39 Å². The van der Waals surface area contributed by atoms with Crippen LogP contribution in [0.5, 0.6) is 0 Å². The minimum absolute atomic E-state index is 0.0671. The molecule has 2 aromatic carbocycles. The van der Waals surface area contributed by atoms with Crippen molar-refractivity contribution >= 4 is 29.4 Å². The summed E-state index contributed by atoms with van der Waals surface area (Å²) in [6.07, 6.45) is -0.455. The molecular formula is C24H27FN4O7. The molecule has 11 nitrogen and oxygen atoms in total. The first-order valence-electron chi connectivity index (χ1n) is 11.0. The second-order valence-electron chi connectivity index (χ2n) is 7.94. The van der Waals surface area contributed by atoms with Gasteiger partial charge < -0.3 is 21.1 Å². The molecule has 36 heavy (non-hydrogen) atoms. The van der Waals surface area contributed by atoms with Crippen molar-refractivity contribution in [2.75, 3.05) is 6.61 Å². The van der Waals surface area contributed by atoms with E-state index < -0.39 is 52.4 Å². The van der Waals surface area contributed by atoms with Crippen molar-refractivity contribution in [3.05, 3.63) is 75.6 Å². The summed E-state index contributed by atoms with van der Waals surface area (Å²) in [5.41, 5.74) is 6.09. The molecule has 0 saturated carbocycles. The third kappa shape index (κ3) is 8.15. The van der Waals surface area contributed by atoms with Gasteiger partial charge in [0, 0.05) is 31.4 Å². The first-order chi connectivity index (χ1) is 17.0. The maximum Gasteiger partial charge on any atom is 0.306 e. The molecule has 3 atom stereocenters. The largest absolute Gasteiger partial charge is 0.466 e. The number of non-ortho nitro benzene ring substituents is 1. The van der Waals surface area contributed by atoms with E-state index in [2.05, 4.69) is 10.6 Å². The van der Waals surface area contributed by atoms with Gasteiger partial charge in [-0.05, 0) is 30.2 Å². The van der Waals surface area contributed by atoms with E-state index in [-0.39, 0.29) is 25.1 Å². The molecule has 3 amide bonds. The maximum atomic E-state index is 13.6. The van der Waals surface area contributed by atoms with Crippen LogP contribution in [-0.4, -0.2) is 47.3 Å². The molecule has 0 aromatic heterocycles. The average Bonchev–Trinajstić information content (AvgIpc) is 2.80. The number of nitrogens with two attached hydrogens (primary N) is 1. The summed E-state index contributed by atoms with van der Waals surface area (Å²) in [7, 11) is 0. The third-order valence-corrected chi connectivity index (χ3v) is 5.25. The van der Waals surface area contributed by atoms with Crippen LogP contribution in [0.4, 0.5) is 10.1 Å². The van der Waals surface area contributed by atoms with Crippen molar-refractivity contribution in [2.24, 2.45) is 5.73 Å². The number of carbonyl (C=O) groups excluding carboxylic acids is 4. The van der Waals surface area contributed by atoms with Gasteiger partial charge in [-0.15, -0.1) is 0 Å². The molecule has 0 heterocycles. The summed E-state index contributed by atoms with van der Waals surface area (Å²) in [4.78, 5) is 60.0. The predicted octanol–water partition coefficient (Wildman–Crippen LogP) is 1.49. The van der Waals surface area contributed by atoms with Gasteiger partial charge in [0.2, 0.25) is 17.7 Å². The molecule has 0 saturated heterocycles. The van der Waals surface area contributed by atoms with Crippen molar-refractivity contribution < 1.29 is 33.2 Å². The van der Waals surface area contributed by atoms with Gasteiger partial charge in [-0.2, -0.15) is 0 Å². The second kappa shape index (κ2) is 12.9. The summed E-state index contributed by atoms with van der Waals surface area (Å²) in [6, 6.07) is 7.90. The van der Waals surface area contributed by atoms with Crippen LogP contribution in [-0.2, 0) is 30.3 Å². The number of hydrogen-bond acceptors (Lipinski definition) is 7. The van der Waals surface area contributed by atoms with Crippen molar-refractivity contribution in [2.45, 2.75) is 44.7 Å². The highest BCUT2D eigenvalue weighted by Gasteiger charge is 2.34. The molecule has 0 bridgehead atoms. The number of halogens is 1. The number of primary amides is 1. The molecule has 0 fully saturated rings. The maximum absolute atomic E-state index is 13.6. The number of carbonyl (C=O) groups is 4.